The zero-order valence-electron chi connectivity index (χ0n) is 8.96. The number of aliphatic hydroxyl groups excluding tert-OH is 2. The summed E-state index contributed by atoms with van der Waals surface area (Å²) >= 11 is 5.43. The summed E-state index contributed by atoms with van der Waals surface area (Å²) in [5, 5.41) is 17.9. The molecule has 3 N–H and O–H groups in total. The van der Waals surface area contributed by atoms with E-state index in [1.54, 1.807) is 0 Å². The minimum Gasteiger partial charge on any atom is -0.394 e. The monoisotopic (exact) mass is 281 g/mol. The molecule has 0 atom stereocenters. The molecule has 0 aliphatic rings. The number of hydrogen-bond acceptors (Lipinski definition) is 6. The average Bonchev–Trinajstić information content (AvgIpc) is 2.29. The molecule has 0 fully saturated rings. The molecule has 1 rings (SSSR count). The van der Waals surface area contributed by atoms with E-state index in [2.05, 4.69) is 14.7 Å². The number of sulfonamides is 1. The number of hydrogen-bond donors (Lipinski definition) is 3. The molecule has 0 spiro atoms. The van der Waals surface area contributed by atoms with Gasteiger partial charge in [-0.25, -0.2) is 23.1 Å². The van der Waals surface area contributed by atoms with Crippen LogP contribution < -0.4 is 4.72 Å². The molecule has 0 amide bonds. The van der Waals surface area contributed by atoms with Crippen molar-refractivity contribution in [2.75, 3.05) is 13.2 Å². The molecule has 0 saturated heterocycles. The summed E-state index contributed by atoms with van der Waals surface area (Å²) in [4.78, 5) is 6.88. The predicted octanol–water partition coefficient (Wildman–Crippen LogP) is -0.848. The van der Waals surface area contributed by atoms with Crippen molar-refractivity contribution in [3.8, 4) is 0 Å². The lowest BCUT2D eigenvalue weighted by molar-refractivity contribution is 0.121. The molecule has 0 aliphatic carbocycles. The molecular formula is C8H12ClN3O4S. The maximum absolute atomic E-state index is 11.8. The normalized spacial score (nSPS) is 12.7. The van der Waals surface area contributed by atoms with Crippen molar-refractivity contribution in [3.05, 3.63) is 17.7 Å². The molecular weight excluding hydrogens is 270 g/mol. The Morgan fingerprint density at radius 1 is 1.35 bits per heavy atom. The van der Waals surface area contributed by atoms with Gasteiger partial charge >= 0.3 is 0 Å². The van der Waals surface area contributed by atoms with Gasteiger partial charge in [-0.2, -0.15) is 0 Å². The van der Waals surface area contributed by atoms with Crippen molar-refractivity contribution in [2.45, 2.75) is 17.4 Å². The Morgan fingerprint density at radius 3 is 2.24 bits per heavy atom. The van der Waals surface area contributed by atoms with Crippen molar-refractivity contribution in [1.29, 1.82) is 0 Å². The SMILES string of the molecule is CC(CO)(CO)NS(=O)(=O)c1cnc(Cl)nc1. The first-order chi connectivity index (χ1) is 7.83. The van der Waals surface area contributed by atoms with Crippen LogP contribution >= 0.6 is 11.6 Å². The Balaban J connectivity index is 3.00. The fourth-order valence-electron chi connectivity index (χ4n) is 0.937. The van der Waals surface area contributed by atoms with E-state index in [9.17, 15) is 8.42 Å². The maximum atomic E-state index is 11.8. The number of nitrogens with zero attached hydrogens (tertiary/aromatic N) is 2. The first kappa shape index (κ1) is 14.3. The summed E-state index contributed by atoms with van der Waals surface area (Å²) in [5.74, 6) is 0. The molecule has 9 heteroatoms. The van der Waals surface area contributed by atoms with Gasteiger partial charge in [0.1, 0.15) is 4.90 Å². The van der Waals surface area contributed by atoms with Gasteiger partial charge in [-0.15, -0.1) is 0 Å². The van der Waals surface area contributed by atoms with Gasteiger partial charge in [0.15, 0.2) is 0 Å². The average molecular weight is 282 g/mol. The molecule has 7 nitrogen and oxygen atoms in total. The first-order valence-electron chi connectivity index (χ1n) is 4.56. The van der Waals surface area contributed by atoms with E-state index in [4.69, 9.17) is 21.8 Å². The summed E-state index contributed by atoms with van der Waals surface area (Å²) in [6, 6.07) is 0. The zero-order valence-corrected chi connectivity index (χ0v) is 10.5. The molecule has 1 heterocycles. The molecule has 0 aromatic carbocycles. The van der Waals surface area contributed by atoms with E-state index in [0.717, 1.165) is 12.4 Å². The molecule has 0 aliphatic heterocycles. The van der Waals surface area contributed by atoms with E-state index in [0.29, 0.717) is 0 Å². The lowest BCUT2D eigenvalue weighted by Crippen LogP contribution is -2.51. The minimum atomic E-state index is -3.91. The highest BCUT2D eigenvalue weighted by atomic mass is 35.5. The van der Waals surface area contributed by atoms with Crippen LogP contribution in [0, 0.1) is 0 Å². The summed E-state index contributed by atoms with van der Waals surface area (Å²) in [6.07, 6.45) is 2.07. The van der Waals surface area contributed by atoms with Gasteiger partial charge in [-0.3, -0.25) is 0 Å². The second-order valence-electron chi connectivity index (χ2n) is 3.67. The lowest BCUT2D eigenvalue weighted by atomic mass is 10.1. The van der Waals surface area contributed by atoms with E-state index < -0.39 is 28.8 Å². The fraction of sp³-hybridized carbons (Fsp3) is 0.500. The molecule has 1 aromatic rings. The van der Waals surface area contributed by atoms with Crippen LogP contribution in [0.25, 0.3) is 0 Å². The highest BCUT2D eigenvalue weighted by Gasteiger charge is 2.29. The highest BCUT2D eigenvalue weighted by molar-refractivity contribution is 7.89. The molecule has 0 saturated carbocycles. The van der Waals surface area contributed by atoms with Crippen LogP contribution in [0.2, 0.25) is 5.28 Å². The first-order valence-corrected chi connectivity index (χ1v) is 6.42. The fourth-order valence-corrected chi connectivity index (χ4v) is 2.31. The quantitative estimate of drug-likeness (QED) is 0.606. The van der Waals surface area contributed by atoms with Crippen molar-refractivity contribution in [2.24, 2.45) is 0 Å². The van der Waals surface area contributed by atoms with Gasteiger partial charge in [-0.05, 0) is 18.5 Å². The van der Waals surface area contributed by atoms with Crippen LogP contribution in [0.1, 0.15) is 6.92 Å². The van der Waals surface area contributed by atoms with Crippen LogP contribution in [0.3, 0.4) is 0 Å². The molecule has 0 bridgehead atoms. The number of rotatable bonds is 5. The van der Waals surface area contributed by atoms with Crippen molar-refractivity contribution in [3.63, 3.8) is 0 Å². The van der Waals surface area contributed by atoms with Crippen LogP contribution in [0.4, 0.5) is 0 Å². The van der Waals surface area contributed by atoms with Crippen LogP contribution in [0.5, 0.6) is 0 Å². The van der Waals surface area contributed by atoms with Crippen LogP contribution in [-0.4, -0.2) is 47.4 Å². The third kappa shape index (κ3) is 3.58. The Hall–Kier alpha value is -0.800. The molecule has 96 valence electrons. The van der Waals surface area contributed by atoms with Crippen molar-refractivity contribution >= 4 is 21.6 Å². The highest BCUT2D eigenvalue weighted by Crippen LogP contribution is 2.12. The van der Waals surface area contributed by atoms with Gasteiger partial charge in [0.25, 0.3) is 0 Å². The second-order valence-corrected chi connectivity index (χ2v) is 5.69. The van der Waals surface area contributed by atoms with E-state index in [-0.39, 0.29) is 10.2 Å². The number of aliphatic hydroxyl groups is 2. The summed E-state index contributed by atoms with van der Waals surface area (Å²) in [7, 11) is -3.91. The van der Waals surface area contributed by atoms with Crippen molar-refractivity contribution in [1.82, 2.24) is 14.7 Å². The van der Waals surface area contributed by atoms with Gasteiger partial charge in [0, 0.05) is 0 Å². The molecule has 0 unspecified atom stereocenters. The van der Waals surface area contributed by atoms with Gasteiger partial charge in [-0.1, -0.05) is 0 Å². The Labute approximate surface area is 104 Å². The lowest BCUT2D eigenvalue weighted by Gasteiger charge is -2.25. The van der Waals surface area contributed by atoms with Crippen LogP contribution in [-0.2, 0) is 10.0 Å². The number of nitrogens with one attached hydrogen (secondary N) is 1. The zero-order chi connectivity index (χ0) is 13.1. The molecule has 0 radical (unpaired) electrons. The summed E-state index contributed by atoms with van der Waals surface area (Å²) in [6.45, 7) is 0.273. The second kappa shape index (κ2) is 5.23. The van der Waals surface area contributed by atoms with Crippen molar-refractivity contribution < 1.29 is 18.6 Å². The maximum Gasteiger partial charge on any atom is 0.244 e. The number of aromatic nitrogens is 2. The Bertz CT molecular complexity index is 472. The van der Waals surface area contributed by atoms with Gasteiger partial charge < -0.3 is 10.2 Å². The van der Waals surface area contributed by atoms with E-state index >= 15 is 0 Å². The molecule has 17 heavy (non-hydrogen) atoms. The van der Waals surface area contributed by atoms with Gasteiger partial charge in [0.2, 0.25) is 15.3 Å². The van der Waals surface area contributed by atoms with Gasteiger partial charge in [0.05, 0.1) is 31.1 Å². The summed E-state index contributed by atoms with van der Waals surface area (Å²) < 4.78 is 25.8. The Kier molecular flexibility index (Phi) is 4.39. The topological polar surface area (TPSA) is 112 Å². The largest absolute Gasteiger partial charge is 0.394 e. The molecule has 1 aromatic heterocycles. The third-order valence-corrected chi connectivity index (χ3v) is 3.77. The minimum absolute atomic E-state index is 0.0731. The standard InChI is InChI=1S/C8H12ClN3O4S/c1-8(4-13,5-14)12-17(15,16)6-2-10-7(9)11-3-6/h2-3,12-14H,4-5H2,1H3. The summed E-state index contributed by atoms with van der Waals surface area (Å²) in [5.41, 5.74) is -1.35. The predicted molar refractivity (Wildman–Crippen MR) is 59.9 cm³/mol. The van der Waals surface area contributed by atoms with Crippen LogP contribution in [0.15, 0.2) is 17.3 Å². The third-order valence-electron chi connectivity index (χ3n) is 1.99. The Morgan fingerprint density at radius 2 is 1.82 bits per heavy atom. The van der Waals surface area contributed by atoms with E-state index in [1.807, 2.05) is 0 Å². The van der Waals surface area contributed by atoms with E-state index in [1.165, 1.54) is 6.92 Å². The smallest absolute Gasteiger partial charge is 0.244 e. The number of halogens is 1.